The van der Waals surface area contributed by atoms with Gasteiger partial charge in [-0.1, -0.05) is 12.1 Å². The maximum Gasteiger partial charge on any atom is 0.230 e. The van der Waals surface area contributed by atoms with Gasteiger partial charge < -0.3 is 5.32 Å². The summed E-state index contributed by atoms with van der Waals surface area (Å²) < 4.78 is 0. The number of benzene rings is 1. The largest absolute Gasteiger partial charge is 0.309 e. The molecule has 0 aliphatic heterocycles. The summed E-state index contributed by atoms with van der Waals surface area (Å²) in [6.45, 7) is 0. The van der Waals surface area contributed by atoms with E-state index in [9.17, 15) is 4.79 Å². The number of nitrogens with zero attached hydrogens (tertiary/aromatic N) is 1. The molecule has 104 valence electrons. The minimum atomic E-state index is -0.0110. The van der Waals surface area contributed by atoms with Gasteiger partial charge in [0.1, 0.15) is 0 Å². The lowest BCUT2D eigenvalue weighted by Gasteiger charge is -2.04. The van der Waals surface area contributed by atoms with Crippen molar-refractivity contribution in [1.82, 2.24) is 10.2 Å². The lowest BCUT2D eigenvalue weighted by molar-refractivity contribution is -0.115. The molecule has 3 rings (SSSR count). The van der Waals surface area contributed by atoms with Gasteiger partial charge in [-0.15, -0.1) is 11.8 Å². The molecule has 0 radical (unpaired) electrons. The quantitative estimate of drug-likeness (QED) is 0.850. The van der Waals surface area contributed by atoms with Gasteiger partial charge in [-0.25, -0.2) is 0 Å². The Hall–Kier alpha value is -1.75. The molecular formula is C15H17N3OS. The first-order valence-electron chi connectivity index (χ1n) is 6.75. The van der Waals surface area contributed by atoms with Gasteiger partial charge in [-0.05, 0) is 43.2 Å². The van der Waals surface area contributed by atoms with Crippen LogP contribution in [0.2, 0.25) is 0 Å². The number of rotatable bonds is 4. The highest BCUT2D eigenvalue weighted by molar-refractivity contribution is 7.98. The summed E-state index contributed by atoms with van der Waals surface area (Å²) in [7, 11) is 0. The number of fused-ring (bicyclic) bond motifs is 1. The summed E-state index contributed by atoms with van der Waals surface area (Å²) >= 11 is 1.70. The first kappa shape index (κ1) is 13.2. The van der Waals surface area contributed by atoms with Crippen LogP contribution in [0.4, 0.5) is 5.82 Å². The van der Waals surface area contributed by atoms with Crippen LogP contribution in [0.5, 0.6) is 0 Å². The third kappa shape index (κ3) is 2.72. The van der Waals surface area contributed by atoms with Gasteiger partial charge in [0, 0.05) is 16.2 Å². The fourth-order valence-corrected chi connectivity index (χ4v) is 2.94. The molecule has 1 aliphatic rings. The molecule has 5 heteroatoms. The molecule has 4 nitrogen and oxygen atoms in total. The van der Waals surface area contributed by atoms with E-state index in [2.05, 4.69) is 15.5 Å². The molecule has 1 aromatic carbocycles. The van der Waals surface area contributed by atoms with Crippen LogP contribution in [0, 0.1) is 0 Å². The van der Waals surface area contributed by atoms with Crippen LogP contribution < -0.4 is 5.32 Å². The standard InChI is InChI=1S/C15H17N3OS/c1-20-11-7-5-10(6-8-11)9-14(19)16-15-12-3-2-4-13(12)17-18-15/h5-8H,2-4,9H2,1H3,(H2,16,17,18,19). The number of aromatic nitrogens is 2. The third-order valence-electron chi connectivity index (χ3n) is 3.59. The fourth-order valence-electron chi connectivity index (χ4n) is 2.53. The number of aromatic amines is 1. The molecule has 0 bridgehead atoms. The second-order valence-electron chi connectivity index (χ2n) is 4.96. The first-order chi connectivity index (χ1) is 9.76. The van der Waals surface area contributed by atoms with Gasteiger partial charge in [-0.2, -0.15) is 5.10 Å². The van der Waals surface area contributed by atoms with Gasteiger partial charge in [0.15, 0.2) is 5.82 Å². The van der Waals surface area contributed by atoms with E-state index in [0.29, 0.717) is 12.2 Å². The van der Waals surface area contributed by atoms with Crippen molar-refractivity contribution in [2.75, 3.05) is 11.6 Å². The number of thioether (sulfide) groups is 1. The van der Waals surface area contributed by atoms with Crippen molar-refractivity contribution in [2.24, 2.45) is 0 Å². The Kier molecular flexibility index (Phi) is 3.78. The summed E-state index contributed by atoms with van der Waals surface area (Å²) in [4.78, 5) is 13.3. The summed E-state index contributed by atoms with van der Waals surface area (Å²) in [6.07, 6.45) is 5.61. The minimum Gasteiger partial charge on any atom is -0.309 e. The fraction of sp³-hybridized carbons (Fsp3) is 0.333. The number of carbonyl (C=O) groups is 1. The van der Waals surface area contributed by atoms with Crippen molar-refractivity contribution < 1.29 is 4.79 Å². The molecular weight excluding hydrogens is 270 g/mol. The Morgan fingerprint density at radius 2 is 2.15 bits per heavy atom. The van der Waals surface area contributed by atoms with Crippen molar-refractivity contribution in [3.05, 3.63) is 41.1 Å². The van der Waals surface area contributed by atoms with Crippen LogP contribution >= 0.6 is 11.8 Å². The molecule has 2 N–H and O–H groups in total. The number of amides is 1. The van der Waals surface area contributed by atoms with Crippen LogP contribution in [-0.4, -0.2) is 22.4 Å². The SMILES string of the molecule is CSc1ccc(CC(=O)Nc2n[nH]c3c2CCC3)cc1. The van der Waals surface area contributed by atoms with Crippen molar-refractivity contribution in [3.63, 3.8) is 0 Å². The second-order valence-corrected chi connectivity index (χ2v) is 5.84. The van der Waals surface area contributed by atoms with E-state index >= 15 is 0 Å². The number of carbonyl (C=O) groups excluding carboxylic acids is 1. The predicted molar refractivity (Wildman–Crippen MR) is 81.2 cm³/mol. The van der Waals surface area contributed by atoms with Gasteiger partial charge in [-0.3, -0.25) is 9.89 Å². The first-order valence-corrected chi connectivity index (χ1v) is 7.97. The lowest BCUT2D eigenvalue weighted by Crippen LogP contribution is -2.15. The van der Waals surface area contributed by atoms with Crippen LogP contribution in [-0.2, 0) is 24.1 Å². The average molecular weight is 287 g/mol. The highest BCUT2D eigenvalue weighted by Crippen LogP contribution is 2.26. The van der Waals surface area contributed by atoms with Gasteiger partial charge in [0.05, 0.1) is 6.42 Å². The van der Waals surface area contributed by atoms with Crippen LogP contribution in [0.3, 0.4) is 0 Å². The van der Waals surface area contributed by atoms with Crippen molar-refractivity contribution in [1.29, 1.82) is 0 Å². The van der Waals surface area contributed by atoms with Gasteiger partial charge >= 0.3 is 0 Å². The Morgan fingerprint density at radius 3 is 2.90 bits per heavy atom. The minimum absolute atomic E-state index is 0.0110. The molecule has 2 aromatic rings. The smallest absolute Gasteiger partial charge is 0.230 e. The van der Waals surface area contributed by atoms with E-state index in [1.807, 2.05) is 30.5 Å². The molecule has 0 saturated carbocycles. The van der Waals surface area contributed by atoms with Crippen molar-refractivity contribution in [3.8, 4) is 0 Å². The van der Waals surface area contributed by atoms with Crippen LogP contribution in [0.15, 0.2) is 29.2 Å². The number of aryl methyl sites for hydroxylation is 1. The van der Waals surface area contributed by atoms with Crippen LogP contribution in [0.25, 0.3) is 0 Å². The zero-order valence-electron chi connectivity index (χ0n) is 11.4. The number of nitrogens with one attached hydrogen (secondary N) is 2. The molecule has 1 aromatic heterocycles. The zero-order valence-corrected chi connectivity index (χ0v) is 12.2. The van der Waals surface area contributed by atoms with Gasteiger partial charge in [0.2, 0.25) is 5.91 Å². The molecule has 1 aliphatic carbocycles. The van der Waals surface area contributed by atoms with Crippen molar-refractivity contribution >= 4 is 23.5 Å². The zero-order chi connectivity index (χ0) is 13.9. The van der Waals surface area contributed by atoms with E-state index in [1.165, 1.54) is 16.2 Å². The molecule has 1 amide bonds. The summed E-state index contributed by atoms with van der Waals surface area (Å²) in [5.74, 6) is 0.700. The number of anilines is 1. The van der Waals surface area contributed by atoms with E-state index in [1.54, 1.807) is 11.8 Å². The Labute approximate surface area is 122 Å². The number of hydrogen-bond acceptors (Lipinski definition) is 3. The van der Waals surface area contributed by atoms with Crippen LogP contribution in [0.1, 0.15) is 23.2 Å². The maximum atomic E-state index is 12.1. The van der Waals surface area contributed by atoms with Gasteiger partial charge in [0.25, 0.3) is 0 Å². The monoisotopic (exact) mass is 287 g/mol. The maximum absolute atomic E-state index is 12.1. The highest BCUT2D eigenvalue weighted by atomic mass is 32.2. The summed E-state index contributed by atoms with van der Waals surface area (Å²) in [5.41, 5.74) is 3.37. The molecule has 0 saturated heterocycles. The second kappa shape index (κ2) is 5.71. The summed E-state index contributed by atoms with van der Waals surface area (Å²) in [5, 5.41) is 10.1. The molecule has 0 fully saturated rings. The average Bonchev–Trinajstić information content (AvgIpc) is 3.05. The molecule has 1 heterocycles. The van der Waals surface area contributed by atoms with Crippen molar-refractivity contribution in [2.45, 2.75) is 30.6 Å². The topological polar surface area (TPSA) is 57.8 Å². The molecule has 20 heavy (non-hydrogen) atoms. The highest BCUT2D eigenvalue weighted by Gasteiger charge is 2.19. The third-order valence-corrected chi connectivity index (χ3v) is 4.33. The Balaban J connectivity index is 1.64. The number of H-pyrrole nitrogens is 1. The lowest BCUT2D eigenvalue weighted by atomic mass is 10.1. The van der Waals surface area contributed by atoms with E-state index < -0.39 is 0 Å². The van der Waals surface area contributed by atoms with E-state index in [4.69, 9.17) is 0 Å². The predicted octanol–water partition coefficient (Wildman–Crippen LogP) is 2.80. The van der Waals surface area contributed by atoms with E-state index in [-0.39, 0.29) is 5.91 Å². The van der Waals surface area contributed by atoms with E-state index in [0.717, 1.165) is 24.8 Å². The molecule has 0 spiro atoms. The molecule has 0 unspecified atom stereocenters. The Bertz CT molecular complexity index is 619. The normalized spacial score (nSPS) is 13.2. The summed E-state index contributed by atoms with van der Waals surface area (Å²) in [6, 6.07) is 8.08. The Morgan fingerprint density at radius 1 is 1.35 bits per heavy atom. The molecule has 0 atom stereocenters. The number of hydrogen-bond donors (Lipinski definition) is 2.